The highest BCUT2D eigenvalue weighted by Gasteiger charge is 2.20. The van der Waals surface area contributed by atoms with Crippen LogP contribution in [0.4, 0.5) is 5.82 Å². The van der Waals surface area contributed by atoms with Gasteiger partial charge in [-0.05, 0) is 31.4 Å². The Morgan fingerprint density at radius 1 is 1.30 bits per heavy atom. The highest BCUT2D eigenvalue weighted by molar-refractivity contribution is 5.87. The monoisotopic (exact) mass is 365 g/mol. The summed E-state index contributed by atoms with van der Waals surface area (Å²) in [5, 5.41) is 12.2. The summed E-state index contributed by atoms with van der Waals surface area (Å²) in [6.07, 6.45) is 11.6. The van der Waals surface area contributed by atoms with Crippen molar-refractivity contribution in [1.82, 2.24) is 29.3 Å². The highest BCUT2D eigenvalue weighted by Crippen LogP contribution is 2.24. The van der Waals surface area contributed by atoms with Crippen molar-refractivity contribution in [3.8, 4) is 11.3 Å². The molecule has 4 heterocycles. The summed E-state index contributed by atoms with van der Waals surface area (Å²) in [5.41, 5.74) is 2.70. The molecule has 0 aliphatic carbocycles. The molecule has 0 aromatic carbocycles. The first kappa shape index (κ1) is 17.3. The average Bonchev–Trinajstić information content (AvgIpc) is 3.26. The molecule has 3 aromatic rings. The summed E-state index contributed by atoms with van der Waals surface area (Å²) in [6, 6.07) is 2.20. The predicted octanol–water partition coefficient (Wildman–Crippen LogP) is 2.11. The number of aromatic nitrogens is 5. The van der Waals surface area contributed by atoms with Crippen molar-refractivity contribution in [2.24, 2.45) is 7.05 Å². The van der Waals surface area contributed by atoms with Crippen molar-refractivity contribution in [3.05, 3.63) is 43.5 Å². The standard InChI is InChI=1S/C19H23N7O/c1-3-18(27)25-9-4-5-15(7-10-25)22-19-17-6-8-20-26(17)13-16(23-19)14-11-21-24(2)12-14/h3,6,8,11-13,15H,1,4-5,7,9-10H2,2H3,(H,22,23). The van der Waals surface area contributed by atoms with Crippen LogP contribution in [0.1, 0.15) is 19.3 Å². The van der Waals surface area contributed by atoms with Crippen molar-refractivity contribution in [2.75, 3.05) is 18.4 Å². The van der Waals surface area contributed by atoms with Gasteiger partial charge in [0, 0.05) is 37.9 Å². The molecule has 1 N–H and O–H groups in total. The number of nitrogens with zero attached hydrogens (tertiary/aromatic N) is 6. The smallest absolute Gasteiger partial charge is 0.245 e. The second-order valence-corrected chi connectivity index (χ2v) is 6.84. The summed E-state index contributed by atoms with van der Waals surface area (Å²) in [7, 11) is 1.89. The molecule has 0 bridgehead atoms. The Labute approximate surface area is 157 Å². The van der Waals surface area contributed by atoms with E-state index < -0.39 is 0 Å². The first-order valence-corrected chi connectivity index (χ1v) is 9.15. The van der Waals surface area contributed by atoms with Crippen LogP contribution < -0.4 is 5.32 Å². The van der Waals surface area contributed by atoms with Gasteiger partial charge in [-0.15, -0.1) is 0 Å². The Balaban J connectivity index is 1.59. The van der Waals surface area contributed by atoms with E-state index in [1.807, 2.05) is 34.9 Å². The number of carbonyl (C=O) groups excluding carboxylic acids is 1. The van der Waals surface area contributed by atoms with Crippen LogP contribution in [0.25, 0.3) is 16.8 Å². The zero-order chi connectivity index (χ0) is 18.8. The van der Waals surface area contributed by atoms with Gasteiger partial charge in [-0.2, -0.15) is 10.2 Å². The molecule has 8 nitrogen and oxygen atoms in total. The number of likely N-dealkylation sites (tertiary alicyclic amines) is 1. The van der Waals surface area contributed by atoms with E-state index in [4.69, 9.17) is 4.98 Å². The van der Waals surface area contributed by atoms with Gasteiger partial charge >= 0.3 is 0 Å². The Morgan fingerprint density at radius 3 is 2.96 bits per heavy atom. The van der Waals surface area contributed by atoms with Crippen LogP contribution in [0.5, 0.6) is 0 Å². The summed E-state index contributed by atoms with van der Waals surface area (Å²) < 4.78 is 3.59. The van der Waals surface area contributed by atoms with E-state index in [-0.39, 0.29) is 11.9 Å². The van der Waals surface area contributed by atoms with E-state index in [2.05, 4.69) is 22.1 Å². The van der Waals surface area contributed by atoms with Gasteiger partial charge in [0.15, 0.2) is 5.82 Å². The number of aryl methyl sites for hydroxylation is 1. The molecule has 0 spiro atoms. The second kappa shape index (κ2) is 7.22. The van der Waals surface area contributed by atoms with Gasteiger partial charge < -0.3 is 10.2 Å². The minimum absolute atomic E-state index is 0.00512. The molecule has 0 radical (unpaired) electrons. The molecule has 1 aliphatic heterocycles. The first-order valence-electron chi connectivity index (χ1n) is 9.15. The quantitative estimate of drug-likeness (QED) is 0.716. The zero-order valence-corrected chi connectivity index (χ0v) is 15.4. The van der Waals surface area contributed by atoms with Gasteiger partial charge in [0.05, 0.1) is 24.3 Å². The third-order valence-electron chi connectivity index (χ3n) is 4.95. The lowest BCUT2D eigenvalue weighted by Gasteiger charge is -2.20. The van der Waals surface area contributed by atoms with Gasteiger partial charge in [-0.25, -0.2) is 9.50 Å². The van der Waals surface area contributed by atoms with Crippen LogP contribution in [0.2, 0.25) is 0 Å². The number of anilines is 1. The summed E-state index contributed by atoms with van der Waals surface area (Å²) >= 11 is 0. The summed E-state index contributed by atoms with van der Waals surface area (Å²) in [5.74, 6) is 0.813. The van der Waals surface area contributed by atoms with Crippen LogP contribution in [0.15, 0.2) is 43.5 Å². The molecule has 1 atom stereocenters. The Hall–Kier alpha value is -3.16. The molecule has 1 saturated heterocycles. The Morgan fingerprint density at radius 2 is 2.19 bits per heavy atom. The fraction of sp³-hybridized carbons (Fsp3) is 0.368. The van der Waals surface area contributed by atoms with Crippen LogP contribution in [-0.4, -0.2) is 54.3 Å². The molecule has 3 aromatic heterocycles. The van der Waals surface area contributed by atoms with Gasteiger partial charge in [-0.1, -0.05) is 6.58 Å². The number of hydrogen-bond acceptors (Lipinski definition) is 5. The first-order chi connectivity index (χ1) is 13.1. The maximum absolute atomic E-state index is 11.9. The molecule has 4 rings (SSSR count). The van der Waals surface area contributed by atoms with E-state index in [0.717, 1.165) is 54.9 Å². The van der Waals surface area contributed by atoms with E-state index in [1.54, 1.807) is 17.1 Å². The van der Waals surface area contributed by atoms with E-state index in [0.29, 0.717) is 0 Å². The van der Waals surface area contributed by atoms with E-state index in [1.165, 1.54) is 6.08 Å². The van der Waals surface area contributed by atoms with Crippen molar-refractivity contribution in [3.63, 3.8) is 0 Å². The molecular weight excluding hydrogens is 342 g/mol. The van der Waals surface area contributed by atoms with Gasteiger partial charge in [0.1, 0.15) is 5.52 Å². The molecule has 0 saturated carbocycles. The SMILES string of the molecule is C=CC(=O)N1CCCC(Nc2nc(-c3cnn(C)c3)cn3nccc23)CC1. The topological polar surface area (TPSA) is 80.4 Å². The number of nitrogens with one attached hydrogen (secondary N) is 1. The molecule has 1 fully saturated rings. The summed E-state index contributed by atoms with van der Waals surface area (Å²) in [6.45, 7) is 5.08. The van der Waals surface area contributed by atoms with Crippen molar-refractivity contribution >= 4 is 17.2 Å². The second-order valence-electron chi connectivity index (χ2n) is 6.84. The fourth-order valence-corrected chi connectivity index (χ4v) is 3.51. The Kier molecular flexibility index (Phi) is 4.62. The van der Waals surface area contributed by atoms with E-state index >= 15 is 0 Å². The number of fused-ring (bicyclic) bond motifs is 1. The van der Waals surface area contributed by atoms with Crippen molar-refractivity contribution < 1.29 is 4.79 Å². The van der Waals surface area contributed by atoms with Crippen molar-refractivity contribution in [2.45, 2.75) is 25.3 Å². The third kappa shape index (κ3) is 3.55. The van der Waals surface area contributed by atoms with Gasteiger partial charge in [0.2, 0.25) is 5.91 Å². The maximum Gasteiger partial charge on any atom is 0.245 e. The van der Waals surface area contributed by atoms with E-state index in [9.17, 15) is 4.79 Å². The lowest BCUT2D eigenvalue weighted by molar-refractivity contribution is -0.125. The molecule has 1 amide bonds. The average molecular weight is 365 g/mol. The number of hydrogen-bond donors (Lipinski definition) is 1. The van der Waals surface area contributed by atoms with Crippen molar-refractivity contribution in [1.29, 1.82) is 0 Å². The minimum Gasteiger partial charge on any atom is -0.365 e. The molecule has 8 heteroatoms. The Bertz CT molecular complexity index is 974. The maximum atomic E-state index is 11.9. The molecule has 140 valence electrons. The third-order valence-corrected chi connectivity index (χ3v) is 4.95. The van der Waals surface area contributed by atoms with Crippen LogP contribution in [0, 0.1) is 0 Å². The molecule has 1 unspecified atom stereocenters. The predicted molar refractivity (Wildman–Crippen MR) is 103 cm³/mol. The number of carbonyl (C=O) groups is 1. The van der Waals surface area contributed by atoms with Crippen LogP contribution >= 0.6 is 0 Å². The van der Waals surface area contributed by atoms with Gasteiger partial charge in [0.25, 0.3) is 0 Å². The fourth-order valence-electron chi connectivity index (χ4n) is 3.51. The normalized spacial score (nSPS) is 17.7. The van der Waals surface area contributed by atoms with Crippen LogP contribution in [0.3, 0.4) is 0 Å². The molecule has 27 heavy (non-hydrogen) atoms. The lowest BCUT2D eigenvalue weighted by Crippen LogP contribution is -2.31. The number of rotatable bonds is 4. The number of amides is 1. The molecular formula is C19H23N7O. The zero-order valence-electron chi connectivity index (χ0n) is 15.4. The lowest BCUT2D eigenvalue weighted by atomic mass is 10.1. The molecule has 1 aliphatic rings. The largest absolute Gasteiger partial charge is 0.365 e. The van der Waals surface area contributed by atoms with Crippen LogP contribution in [-0.2, 0) is 11.8 Å². The summed E-state index contributed by atoms with van der Waals surface area (Å²) in [4.78, 5) is 18.6. The van der Waals surface area contributed by atoms with Gasteiger partial charge in [-0.3, -0.25) is 9.48 Å². The minimum atomic E-state index is 0.00512. The highest BCUT2D eigenvalue weighted by atomic mass is 16.2.